The van der Waals surface area contributed by atoms with Gasteiger partial charge in [-0.1, -0.05) is 32.9 Å². The molecule has 1 fully saturated rings. The van der Waals surface area contributed by atoms with Crippen LogP contribution in [0.25, 0.3) is 0 Å². The Balaban J connectivity index is 1.89. The molecule has 0 bridgehead atoms. The molecule has 2 unspecified atom stereocenters. The number of nitrogens with one attached hydrogen (secondary N) is 1. The van der Waals surface area contributed by atoms with Gasteiger partial charge in [0, 0.05) is 12.6 Å². The Morgan fingerprint density at radius 1 is 1.38 bits per heavy atom. The van der Waals surface area contributed by atoms with Gasteiger partial charge < -0.3 is 10.2 Å². The monoisotopic (exact) mass is 292 g/mol. The smallest absolute Gasteiger partial charge is 0.123 e. The third-order valence-corrected chi connectivity index (χ3v) is 4.69. The molecule has 1 aliphatic heterocycles. The summed E-state index contributed by atoms with van der Waals surface area (Å²) in [6, 6.07) is 7.26. The maximum Gasteiger partial charge on any atom is 0.123 e. The second-order valence-corrected chi connectivity index (χ2v) is 6.55. The molecule has 0 amide bonds. The van der Waals surface area contributed by atoms with Gasteiger partial charge in [0.25, 0.3) is 0 Å². The Morgan fingerprint density at radius 2 is 2.19 bits per heavy atom. The van der Waals surface area contributed by atoms with Crippen LogP contribution in [0, 0.1) is 17.7 Å². The number of nitrogens with zero attached hydrogens (tertiary/aromatic N) is 1. The van der Waals surface area contributed by atoms with Gasteiger partial charge in [0.2, 0.25) is 0 Å². The van der Waals surface area contributed by atoms with Crippen molar-refractivity contribution in [3.8, 4) is 0 Å². The summed E-state index contributed by atoms with van der Waals surface area (Å²) in [7, 11) is 0. The highest BCUT2D eigenvalue weighted by Crippen LogP contribution is 2.25. The van der Waals surface area contributed by atoms with Crippen molar-refractivity contribution in [1.29, 1.82) is 0 Å². The standard InChI is InChI=1S/C18H29FN2/c1-4-20-18(15-6-5-7-17(19)12-15)9-11-21-10-8-16(13-21)14(2)3/h5-7,12,14,16,18,20H,4,8-11,13H2,1-3H3. The van der Waals surface area contributed by atoms with E-state index in [1.54, 1.807) is 12.1 Å². The molecular formula is C18H29FN2. The zero-order valence-corrected chi connectivity index (χ0v) is 13.6. The van der Waals surface area contributed by atoms with Gasteiger partial charge in [-0.05, 0) is 62.0 Å². The summed E-state index contributed by atoms with van der Waals surface area (Å²) in [6.45, 7) is 11.2. The first-order valence-corrected chi connectivity index (χ1v) is 8.31. The van der Waals surface area contributed by atoms with Crippen LogP contribution in [0.5, 0.6) is 0 Å². The van der Waals surface area contributed by atoms with E-state index in [0.717, 1.165) is 36.9 Å². The van der Waals surface area contributed by atoms with Crippen molar-refractivity contribution < 1.29 is 4.39 Å². The summed E-state index contributed by atoms with van der Waals surface area (Å²) < 4.78 is 13.4. The minimum atomic E-state index is -0.142. The molecule has 118 valence electrons. The zero-order valence-electron chi connectivity index (χ0n) is 13.6. The Kier molecular flexibility index (Phi) is 6.19. The topological polar surface area (TPSA) is 15.3 Å². The molecule has 1 heterocycles. The summed E-state index contributed by atoms with van der Waals surface area (Å²) in [4.78, 5) is 2.56. The lowest BCUT2D eigenvalue weighted by Gasteiger charge is -2.23. The van der Waals surface area contributed by atoms with Crippen LogP contribution in [-0.2, 0) is 0 Å². The van der Waals surface area contributed by atoms with Crippen molar-refractivity contribution in [2.45, 2.75) is 39.7 Å². The summed E-state index contributed by atoms with van der Waals surface area (Å²) in [5.74, 6) is 1.48. The minimum Gasteiger partial charge on any atom is -0.310 e. The third kappa shape index (κ3) is 4.79. The molecule has 21 heavy (non-hydrogen) atoms. The van der Waals surface area contributed by atoms with E-state index in [2.05, 4.69) is 31.0 Å². The number of hydrogen-bond acceptors (Lipinski definition) is 2. The van der Waals surface area contributed by atoms with Crippen molar-refractivity contribution >= 4 is 0 Å². The first kappa shape index (κ1) is 16.4. The molecular weight excluding hydrogens is 263 g/mol. The zero-order chi connectivity index (χ0) is 15.2. The first-order chi connectivity index (χ1) is 10.1. The average Bonchev–Trinajstić information content (AvgIpc) is 2.92. The van der Waals surface area contributed by atoms with E-state index in [-0.39, 0.29) is 11.9 Å². The van der Waals surface area contributed by atoms with Crippen molar-refractivity contribution in [3.63, 3.8) is 0 Å². The molecule has 1 aromatic carbocycles. The molecule has 0 saturated carbocycles. The Bertz CT molecular complexity index is 433. The largest absolute Gasteiger partial charge is 0.310 e. The molecule has 2 nitrogen and oxygen atoms in total. The van der Waals surface area contributed by atoms with Gasteiger partial charge in [0.15, 0.2) is 0 Å². The van der Waals surface area contributed by atoms with Crippen LogP contribution >= 0.6 is 0 Å². The fourth-order valence-electron chi connectivity index (χ4n) is 3.28. The lowest BCUT2D eigenvalue weighted by Crippen LogP contribution is -2.28. The van der Waals surface area contributed by atoms with Crippen molar-refractivity contribution in [3.05, 3.63) is 35.6 Å². The van der Waals surface area contributed by atoms with Gasteiger partial charge in [-0.2, -0.15) is 0 Å². The molecule has 1 saturated heterocycles. The van der Waals surface area contributed by atoms with Crippen LogP contribution in [0.1, 0.15) is 45.2 Å². The first-order valence-electron chi connectivity index (χ1n) is 8.31. The van der Waals surface area contributed by atoms with E-state index in [0.29, 0.717) is 0 Å². The van der Waals surface area contributed by atoms with Crippen molar-refractivity contribution in [2.24, 2.45) is 11.8 Å². The number of hydrogen-bond donors (Lipinski definition) is 1. The van der Waals surface area contributed by atoms with E-state index in [1.165, 1.54) is 25.6 Å². The number of likely N-dealkylation sites (tertiary alicyclic amines) is 1. The van der Waals surface area contributed by atoms with E-state index in [1.807, 2.05) is 6.07 Å². The van der Waals surface area contributed by atoms with Crippen molar-refractivity contribution in [2.75, 3.05) is 26.2 Å². The second-order valence-electron chi connectivity index (χ2n) is 6.55. The number of rotatable bonds is 7. The Morgan fingerprint density at radius 3 is 2.81 bits per heavy atom. The summed E-state index contributed by atoms with van der Waals surface area (Å²) in [5.41, 5.74) is 1.07. The van der Waals surface area contributed by atoms with E-state index < -0.39 is 0 Å². The third-order valence-electron chi connectivity index (χ3n) is 4.69. The lowest BCUT2D eigenvalue weighted by atomic mass is 9.95. The molecule has 0 radical (unpaired) electrons. The van der Waals surface area contributed by atoms with E-state index in [9.17, 15) is 4.39 Å². The summed E-state index contributed by atoms with van der Waals surface area (Å²) in [6.07, 6.45) is 2.37. The Hall–Kier alpha value is -0.930. The summed E-state index contributed by atoms with van der Waals surface area (Å²) >= 11 is 0. The molecule has 0 aromatic heterocycles. The Labute approximate surface area is 128 Å². The highest BCUT2D eigenvalue weighted by Gasteiger charge is 2.25. The maximum absolute atomic E-state index is 13.4. The number of halogens is 1. The fourth-order valence-corrected chi connectivity index (χ4v) is 3.28. The lowest BCUT2D eigenvalue weighted by molar-refractivity contribution is 0.285. The van der Waals surface area contributed by atoms with E-state index >= 15 is 0 Å². The highest BCUT2D eigenvalue weighted by molar-refractivity contribution is 5.20. The van der Waals surface area contributed by atoms with Crippen LogP contribution in [0.4, 0.5) is 4.39 Å². The van der Waals surface area contributed by atoms with Crippen LogP contribution in [0.3, 0.4) is 0 Å². The predicted molar refractivity (Wildman–Crippen MR) is 86.8 cm³/mol. The molecule has 1 N–H and O–H groups in total. The molecule has 2 rings (SSSR count). The van der Waals surface area contributed by atoms with Crippen LogP contribution in [0.2, 0.25) is 0 Å². The fraction of sp³-hybridized carbons (Fsp3) is 0.667. The van der Waals surface area contributed by atoms with Gasteiger partial charge >= 0.3 is 0 Å². The van der Waals surface area contributed by atoms with E-state index in [4.69, 9.17) is 0 Å². The highest BCUT2D eigenvalue weighted by atomic mass is 19.1. The quantitative estimate of drug-likeness (QED) is 0.821. The van der Waals surface area contributed by atoms with Crippen LogP contribution in [-0.4, -0.2) is 31.1 Å². The van der Waals surface area contributed by atoms with Crippen LogP contribution in [0.15, 0.2) is 24.3 Å². The molecule has 0 aliphatic carbocycles. The normalized spacial score (nSPS) is 21.1. The van der Waals surface area contributed by atoms with Gasteiger partial charge in [-0.15, -0.1) is 0 Å². The van der Waals surface area contributed by atoms with Gasteiger partial charge in [-0.25, -0.2) is 4.39 Å². The maximum atomic E-state index is 13.4. The van der Waals surface area contributed by atoms with Gasteiger partial charge in [0.05, 0.1) is 0 Å². The summed E-state index contributed by atoms with van der Waals surface area (Å²) in [5, 5.41) is 3.49. The van der Waals surface area contributed by atoms with Crippen molar-refractivity contribution in [1.82, 2.24) is 10.2 Å². The van der Waals surface area contributed by atoms with Gasteiger partial charge in [-0.3, -0.25) is 0 Å². The second kappa shape index (κ2) is 7.90. The van der Waals surface area contributed by atoms with Crippen LogP contribution < -0.4 is 5.32 Å². The molecule has 2 atom stereocenters. The van der Waals surface area contributed by atoms with Gasteiger partial charge in [0.1, 0.15) is 5.82 Å². The average molecular weight is 292 g/mol. The molecule has 1 aliphatic rings. The molecule has 3 heteroatoms. The minimum absolute atomic E-state index is 0.142. The molecule has 0 spiro atoms. The SMILES string of the molecule is CCNC(CCN1CCC(C(C)C)C1)c1cccc(F)c1. The number of benzene rings is 1. The predicted octanol–water partition coefficient (Wildman–Crippen LogP) is 3.84. The molecule has 1 aromatic rings.